The third-order valence-corrected chi connectivity index (χ3v) is 8.48. The molecule has 1 aromatic heterocycles. The van der Waals surface area contributed by atoms with Gasteiger partial charge < -0.3 is 5.32 Å². The maximum Gasteiger partial charge on any atom is 0.229 e. The van der Waals surface area contributed by atoms with Crippen LogP contribution in [-0.4, -0.2) is 48.2 Å². The van der Waals surface area contributed by atoms with Crippen molar-refractivity contribution in [2.24, 2.45) is 5.92 Å². The average Bonchev–Trinajstić information content (AvgIpc) is 3.11. The summed E-state index contributed by atoms with van der Waals surface area (Å²) < 4.78 is 28.5. The standard InChI is InChI=1S/C16H19BrN4O3S3/c1-25-16-20-19-15(26-16)18-14(22)12-6-8-21(9-7-12)27(23,24)10-11-2-4-13(17)5-3-11/h2-5,12H,6-10H2,1H3,(H,18,19,22). The fourth-order valence-electron chi connectivity index (χ4n) is 2.83. The molecule has 1 fully saturated rings. The molecule has 0 bridgehead atoms. The zero-order valence-corrected chi connectivity index (χ0v) is 18.6. The average molecular weight is 491 g/mol. The van der Waals surface area contributed by atoms with Crippen LogP contribution in [0.3, 0.4) is 0 Å². The first-order valence-corrected chi connectivity index (χ1v) is 12.7. The van der Waals surface area contributed by atoms with Crippen LogP contribution in [0.25, 0.3) is 0 Å². The fourth-order valence-corrected chi connectivity index (χ4v) is 5.83. The van der Waals surface area contributed by atoms with E-state index >= 15 is 0 Å². The van der Waals surface area contributed by atoms with Crippen LogP contribution in [0.5, 0.6) is 0 Å². The fraction of sp³-hybridized carbons (Fsp3) is 0.438. The summed E-state index contributed by atoms with van der Waals surface area (Å²) >= 11 is 6.15. The first-order valence-electron chi connectivity index (χ1n) is 8.28. The highest BCUT2D eigenvalue weighted by Gasteiger charge is 2.31. The van der Waals surface area contributed by atoms with Crippen molar-refractivity contribution in [2.75, 3.05) is 24.7 Å². The molecular weight excluding hydrogens is 472 g/mol. The SMILES string of the molecule is CSc1nnc(NC(=O)C2CCN(S(=O)(=O)Cc3ccc(Br)cc3)CC2)s1. The molecule has 1 aliphatic heterocycles. The number of carbonyl (C=O) groups is 1. The van der Waals surface area contributed by atoms with Crippen LogP contribution < -0.4 is 5.32 Å². The summed E-state index contributed by atoms with van der Waals surface area (Å²) in [7, 11) is -3.39. The van der Waals surface area contributed by atoms with Crippen molar-refractivity contribution in [1.82, 2.24) is 14.5 Å². The van der Waals surface area contributed by atoms with Crippen molar-refractivity contribution in [1.29, 1.82) is 0 Å². The van der Waals surface area contributed by atoms with Crippen LogP contribution >= 0.6 is 39.0 Å². The molecule has 11 heteroatoms. The molecule has 0 aliphatic carbocycles. The van der Waals surface area contributed by atoms with E-state index in [9.17, 15) is 13.2 Å². The second kappa shape index (κ2) is 8.99. The van der Waals surface area contributed by atoms with Crippen molar-refractivity contribution in [3.05, 3.63) is 34.3 Å². The van der Waals surface area contributed by atoms with Gasteiger partial charge in [0.1, 0.15) is 0 Å². The minimum absolute atomic E-state index is 0.0284. The van der Waals surface area contributed by atoms with Gasteiger partial charge in [0.25, 0.3) is 0 Å². The van der Waals surface area contributed by atoms with Gasteiger partial charge in [-0.25, -0.2) is 12.7 Å². The number of thioether (sulfide) groups is 1. The minimum atomic E-state index is -3.39. The number of amides is 1. The van der Waals surface area contributed by atoms with Crippen molar-refractivity contribution >= 4 is 60.1 Å². The predicted molar refractivity (Wildman–Crippen MR) is 111 cm³/mol. The Morgan fingerprint density at radius 2 is 1.96 bits per heavy atom. The van der Waals surface area contributed by atoms with Crippen LogP contribution in [0, 0.1) is 5.92 Å². The number of carbonyl (C=O) groups excluding carboxylic acids is 1. The van der Waals surface area contributed by atoms with E-state index in [4.69, 9.17) is 0 Å². The Kier molecular flexibility index (Phi) is 6.90. The van der Waals surface area contributed by atoms with Gasteiger partial charge in [-0.15, -0.1) is 10.2 Å². The van der Waals surface area contributed by atoms with E-state index in [0.717, 1.165) is 14.4 Å². The lowest BCUT2D eigenvalue weighted by Crippen LogP contribution is -2.41. The molecule has 0 atom stereocenters. The van der Waals surface area contributed by atoms with Gasteiger partial charge in [0.2, 0.25) is 21.1 Å². The monoisotopic (exact) mass is 490 g/mol. The first-order chi connectivity index (χ1) is 12.9. The molecule has 146 valence electrons. The zero-order valence-electron chi connectivity index (χ0n) is 14.6. The molecule has 1 N–H and O–H groups in total. The van der Waals surface area contributed by atoms with Gasteiger partial charge in [0, 0.05) is 23.5 Å². The lowest BCUT2D eigenvalue weighted by atomic mass is 9.97. The lowest BCUT2D eigenvalue weighted by Gasteiger charge is -2.30. The Labute approximate surface area is 175 Å². The van der Waals surface area contributed by atoms with Crippen molar-refractivity contribution in [2.45, 2.75) is 22.9 Å². The molecule has 27 heavy (non-hydrogen) atoms. The summed E-state index contributed by atoms with van der Waals surface area (Å²) in [4.78, 5) is 12.4. The molecule has 7 nitrogen and oxygen atoms in total. The number of nitrogens with zero attached hydrogens (tertiary/aromatic N) is 3. The smallest absolute Gasteiger partial charge is 0.229 e. The molecule has 2 heterocycles. The van der Waals surface area contributed by atoms with Crippen molar-refractivity contribution in [3.8, 4) is 0 Å². The Hall–Kier alpha value is -1.01. The molecule has 1 saturated heterocycles. The number of piperidine rings is 1. The summed E-state index contributed by atoms with van der Waals surface area (Å²) in [5, 5.41) is 11.2. The van der Waals surface area contributed by atoms with Gasteiger partial charge in [-0.1, -0.05) is 51.2 Å². The quantitative estimate of drug-likeness (QED) is 0.493. The van der Waals surface area contributed by atoms with E-state index in [1.165, 1.54) is 27.4 Å². The molecule has 3 rings (SSSR count). The number of nitrogens with one attached hydrogen (secondary N) is 1. The third kappa shape index (κ3) is 5.50. The van der Waals surface area contributed by atoms with Gasteiger partial charge in [-0.3, -0.25) is 4.79 Å². The number of sulfonamides is 1. The second-order valence-electron chi connectivity index (χ2n) is 6.12. The maximum absolute atomic E-state index is 12.6. The first kappa shape index (κ1) is 20.7. The highest BCUT2D eigenvalue weighted by molar-refractivity contribution is 9.10. The van der Waals surface area contributed by atoms with Crippen LogP contribution in [0.2, 0.25) is 0 Å². The molecule has 1 aromatic carbocycles. The summed E-state index contributed by atoms with van der Waals surface area (Å²) in [6.07, 6.45) is 2.90. The van der Waals surface area contributed by atoms with E-state index in [1.54, 1.807) is 12.1 Å². The lowest BCUT2D eigenvalue weighted by molar-refractivity contribution is -0.120. The summed E-state index contributed by atoms with van der Waals surface area (Å²) in [6, 6.07) is 7.26. The van der Waals surface area contributed by atoms with Crippen LogP contribution in [0.1, 0.15) is 18.4 Å². The normalized spacial score (nSPS) is 16.4. The Morgan fingerprint density at radius 3 is 2.56 bits per heavy atom. The summed E-state index contributed by atoms with van der Waals surface area (Å²) in [5.41, 5.74) is 0.749. The molecule has 0 radical (unpaired) electrons. The van der Waals surface area contributed by atoms with Crippen LogP contribution in [0.15, 0.2) is 33.1 Å². The predicted octanol–water partition coefficient (Wildman–Crippen LogP) is 3.20. The molecule has 0 spiro atoms. The largest absolute Gasteiger partial charge is 0.300 e. The number of anilines is 1. The highest BCUT2D eigenvalue weighted by atomic mass is 79.9. The van der Waals surface area contributed by atoms with Crippen LogP contribution in [-0.2, 0) is 20.6 Å². The molecular formula is C16H19BrN4O3S3. The van der Waals surface area contributed by atoms with E-state index in [-0.39, 0.29) is 17.6 Å². The van der Waals surface area contributed by atoms with E-state index in [1.807, 2.05) is 18.4 Å². The minimum Gasteiger partial charge on any atom is -0.300 e. The number of hydrogen-bond acceptors (Lipinski definition) is 7. The Balaban J connectivity index is 1.54. The number of rotatable bonds is 6. The number of aromatic nitrogens is 2. The molecule has 1 aliphatic rings. The second-order valence-corrected chi connectivity index (χ2v) is 11.0. The van der Waals surface area contributed by atoms with E-state index < -0.39 is 10.0 Å². The Morgan fingerprint density at radius 1 is 1.30 bits per heavy atom. The summed E-state index contributed by atoms with van der Waals surface area (Å²) in [6.45, 7) is 0.701. The van der Waals surface area contributed by atoms with Gasteiger partial charge in [0.15, 0.2) is 4.34 Å². The van der Waals surface area contributed by atoms with Gasteiger partial charge in [-0.05, 0) is 36.8 Å². The van der Waals surface area contributed by atoms with Crippen molar-refractivity contribution < 1.29 is 13.2 Å². The maximum atomic E-state index is 12.6. The topological polar surface area (TPSA) is 92.3 Å². The molecule has 2 aromatic rings. The Bertz CT molecular complexity index is 894. The van der Waals surface area contributed by atoms with E-state index in [0.29, 0.717) is 31.1 Å². The zero-order chi connectivity index (χ0) is 19.4. The molecule has 0 unspecified atom stereocenters. The molecule has 1 amide bonds. The summed E-state index contributed by atoms with van der Waals surface area (Å²) in [5.74, 6) is -0.367. The third-order valence-electron chi connectivity index (χ3n) is 4.29. The van der Waals surface area contributed by atoms with Crippen molar-refractivity contribution in [3.63, 3.8) is 0 Å². The van der Waals surface area contributed by atoms with E-state index in [2.05, 4.69) is 31.4 Å². The molecule has 0 saturated carbocycles. The highest BCUT2D eigenvalue weighted by Crippen LogP contribution is 2.26. The van der Waals surface area contributed by atoms with Gasteiger partial charge >= 0.3 is 0 Å². The van der Waals surface area contributed by atoms with Gasteiger partial charge in [-0.2, -0.15) is 0 Å². The number of hydrogen-bond donors (Lipinski definition) is 1. The number of halogens is 1. The number of benzene rings is 1. The van der Waals surface area contributed by atoms with Crippen LogP contribution in [0.4, 0.5) is 5.13 Å². The van der Waals surface area contributed by atoms with Gasteiger partial charge in [0.05, 0.1) is 5.75 Å².